The van der Waals surface area contributed by atoms with Gasteiger partial charge in [0.05, 0.1) is 6.54 Å². The van der Waals surface area contributed by atoms with Crippen molar-refractivity contribution in [3.8, 4) is 0 Å². The quantitative estimate of drug-likeness (QED) is 0.918. The number of nitrogens with zero attached hydrogens (tertiary/aromatic N) is 3. The molecule has 25 heavy (non-hydrogen) atoms. The van der Waals surface area contributed by atoms with Crippen LogP contribution in [-0.2, 0) is 12.0 Å². The van der Waals surface area contributed by atoms with Crippen LogP contribution < -0.4 is 5.32 Å². The first-order valence-corrected chi connectivity index (χ1v) is 8.47. The van der Waals surface area contributed by atoms with Gasteiger partial charge in [0.25, 0.3) is 0 Å². The second kappa shape index (κ2) is 6.80. The van der Waals surface area contributed by atoms with Crippen molar-refractivity contribution in [3.05, 3.63) is 47.1 Å². The number of hydrogen-bond acceptors (Lipinski definition) is 5. The molecular formula is C18H24F2N4O. The molecule has 3 rings (SSSR count). The summed E-state index contributed by atoms with van der Waals surface area (Å²) in [5.74, 6) is -0.439. The second-order valence-electron chi connectivity index (χ2n) is 7.64. The summed E-state index contributed by atoms with van der Waals surface area (Å²) in [5.41, 5.74) is 0.598. The van der Waals surface area contributed by atoms with E-state index in [1.807, 2.05) is 27.8 Å². The van der Waals surface area contributed by atoms with E-state index >= 15 is 0 Å². The van der Waals surface area contributed by atoms with E-state index in [-0.39, 0.29) is 17.5 Å². The lowest BCUT2D eigenvalue weighted by atomic mass is 9.96. The van der Waals surface area contributed by atoms with Crippen LogP contribution in [0.1, 0.15) is 50.5 Å². The van der Waals surface area contributed by atoms with Crippen molar-refractivity contribution in [3.63, 3.8) is 0 Å². The van der Waals surface area contributed by atoms with Gasteiger partial charge in [0.1, 0.15) is 0 Å². The van der Waals surface area contributed by atoms with Gasteiger partial charge in [-0.15, -0.1) is 0 Å². The van der Waals surface area contributed by atoms with Crippen LogP contribution in [0.2, 0.25) is 0 Å². The molecule has 0 unspecified atom stereocenters. The van der Waals surface area contributed by atoms with Gasteiger partial charge in [-0.2, -0.15) is 4.98 Å². The van der Waals surface area contributed by atoms with Crippen LogP contribution in [0.15, 0.2) is 22.7 Å². The maximum absolute atomic E-state index is 13.6. The van der Waals surface area contributed by atoms with Crippen LogP contribution in [0, 0.1) is 11.6 Å². The fourth-order valence-corrected chi connectivity index (χ4v) is 3.19. The highest BCUT2D eigenvalue weighted by Gasteiger charge is 2.33. The summed E-state index contributed by atoms with van der Waals surface area (Å²) in [4.78, 5) is 6.56. The summed E-state index contributed by atoms with van der Waals surface area (Å²) < 4.78 is 32.1. The summed E-state index contributed by atoms with van der Waals surface area (Å²) in [5, 5.41) is 7.44. The monoisotopic (exact) mass is 350 g/mol. The molecule has 1 saturated heterocycles. The number of likely N-dealkylation sites (tertiary alicyclic amines) is 1. The third-order valence-corrected chi connectivity index (χ3v) is 4.59. The van der Waals surface area contributed by atoms with Crippen LogP contribution in [0.5, 0.6) is 0 Å². The van der Waals surface area contributed by atoms with Gasteiger partial charge in [-0.1, -0.05) is 32.0 Å². The van der Waals surface area contributed by atoms with E-state index in [9.17, 15) is 8.78 Å². The first-order valence-electron chi connectivity index (χ1n) is 8.47. The lowest BCUT2D eigenvalue weighted by Crippen LogP contribution is -2.34. The minimum Gasteiger partial charge on any atom is -0.338 e. The van der Waals surface area contributed by atoms with E-state index in [2.05, 4.69) is 20.4 Å². The average molecular weight is 350 g/mol. The average Bonchev–Trinajstić information content (AvgIpc) is 3.14. The zero-order valence-corrected chi connectivity index (χ0v) is 15.0. The minimum atomic E-state index is -0.825. The summed E-state index contributed by atoms with van der Waals surface area (Å²) in [6, 6.07) is 4.17. The predicted octanol–water partition coefficient (Wildman–Crippen LogP) is 3.18. The maximum atomic E-state index is 13.6. The summed E-state index contributed by atoms with van der Waals surface area (Å²) in [7, 11) is 1.98. The van der Waals surface area contributed by atoms with Crippen LogP contribution >= 0.6 is 0 Å². The maximum Gasteiger partial charge on any atom is 0.240 e. The molecule has 1 aromatic heterocycles. The Balaban J connectivity index is 1.70. The SMILES string of the molecule is CN1CC[C@@H](NCc2nc(C(C)(C)C)no2)[C@H]1c1ccc(F)c(F)c1. The normalized spacial score (nSPS) is 21.8. The Hall–Kier alpha value is -1.86. The Morgan fingerprint density at radius 2 is 2.04 bits per heavy atom. The first-order chi connectivity index (χ1) is 11.8. The summed E-state index contributed by atoms with van der Waals surface area (Å²) in [6.07, 6.45) is 0.903. The van der Waals surface area contributed by atoms with Crippen molar-refractivity contribution >= 4 is 0 Å². The second-order valence-corrected chi connectivity index (χ2v) is 7.64. The zero-order chi connectivity index (χ0) is 18.2. The molecule has 1 aliphatic rings. The molecule has 2 heterocycles. The van der Waals surface area contributed by atoms with Crippen molar-refractivity contribution < 1.29 is 13.3 Å². The van der Waals surface area contributed by atoms with Gasteiger partial charge >= 0.3 is 0 Å². The highest BCUT2D eigenvalue weighted by molar-refractivity contribution is 5.24. The van der Waals surface area contributed by atoms with Gasteiger partial charge in [-0.05, 0) is 31.2 Å². The fraction of sp³-hybridized carbons (Fsp3) is 0.556. The van der Waals surface area contributed by atoms with Crippen molar-refractivity contribution in [1.82, 2.24) is 20.4 Å². The van der Waals surface area contributed by atoms with E-state index in [4.69, 9.17) is 4.52 Å². The van der Waals surface area contributed by atoms with Gasteiger partial charge < -0.3 is 9.84 Å². The lowest BCUT2D eigenvalue weighted by Gasteiger charge is -2.26. The van der Waals surface area contributed by atoms with Gasteiger partial charge in [0.2, 0.25) is 5.89 Å². The van der Waals surface area contributed by atoms with Crippen LogP contribution in [0.4, 0.5) is 8.78 Å². The Bertz CT molecular complexity index is 741. The minimum absolute atomic E-state index is 0.0277. The first kappa shape index (κ1) is 17.9. The molecule has 7 heteroatoms. The number of halogens is 2. The van der Waals surface area contributed by atoms with E-state index < -0.39 is 11.6 Å². The number of likely N-dealkylation sites (N-methyl/N-ethyl adjacent to an activating group) is 1. The topological polar surface area (TPSA) is 54.2 Å². The van der Waals surface area contributed by atoms with Crippen LogP contribution in [0.25, 0.3) is 0 Å². The molecule has 5 nitrogen and oxygen atoms in total. The summed E-state index contributed by atoms with van der Waals surface area (Å²) >= 11 is 0. The molecule has 1 N–H and O–H groups in total. The molecule has 1 aliphatic heterocycles. The van der Waals surface area contributed by atoms with Gasteiger partial charge in [0.15, 0.2) is 17.5 Å². The Morgan fingerprint density at radius 3 is 2.68 bits per heavy atom. The van der Waals surface area contributed by atoms with E-state index in [0.717, 1.165) is 18.5 Å². The fourth-order valence-electron chi connectivity index (χ4n) is 3.19. The number of hydrogen-bond donors (Lipinski definition) is 1. The van der Waals surface area contributed by atoms with Gasteiger partial charge in [-0.3, -0.25) is 4.90 Å². The number of rotatable bonds is 4. The number of aromatic nitrogens is 2. The van der Waals surface area contributed by atoms with Crippen LogP contribution in [-0.4, -0.2) is 34.7 Å². The lowest BCUT2D eigenvalue weighted by molar-refractivity contribution is 0.277. The largest absolute Gasteiger partial charge is 0.338 e. The smallest absolute Gasteiger partial charge is 0.240 e. The zero-order valence-electron chi connectivity index (χ0n) is 15.0. The molecule has 0 spiro atoms. The molecule has 1 aromatic carbocycles. The molecule has 0 saturated carbocycles. The molecular weight excluding hydrogens is 326 g/mol. The number of benzene rings is 1. The van der Waals surface area contributed by atoms with E-state index in [1.165, 1.54) is 12.1 Å². The molecule has 0 bridgehead atoms. The predicted molar refractivity (Wildman–Crippen MR) is 90.0 cm³/mol. The highest BCUT2D eigenvalue weighted by Crippen LogP contribution is 2.32. The Morgan fingerprint density at radius 1 is 1.28 bits per heavy atom. The van der Waals surface area contributed by atoms with Crippen molar-refractivity contribution in [2.45, 2.75) is 51.2 Å². The van der Waals surface area contributed by atoms with Crippen LogP contribution in [0.3, 0.4) is 0 Å². The Kier molecular flexibility index (Phi) is 4.88. The van der Waals surface area contributed by atoms with E-state index in [1.54, 1.807) is 6.07 Å². The van der Waals surface area contributed by atoms with Gasteiger partial charge in [-0.25, -0.2) is 8.78 Å². The van der Waals surface area contributed by atoms with Crippen molar-refractivity contribution in [2.75, 3.05) is 13.6 Å². The van der Waals surface area contributed by atoms with Gasteiger partial charge in [0, 0.05) is 24.0 Å². The van der Waals surface area contributed by atoms with E-state index in [0.29, 0.717) is 18.3 Å². The summed E-state index contributed by atoms with van der Waals surface area (Å²) in [6.45, 7) is 7.40. The molecule has 0 radical (unpaired) electrons. The Labute approximate surface area is 146 Å². The van der Waals surface area contributed by atoms with Crippen molar-refractivity contribution in [1.29, 1.82) is 0 Å². The third kappa shape index (κ3) is 3.88. The molecule has 0 aliphatic carbocycles. The molecule has 2 aromatic rings. The van der Waals surface area contributed by atoms with Crippen molar-refractivity contribution in [2.24, 2.45) is 0 Å². The molecule has 136 valence electrons. The third-order valence-electron chi connectivity index (χ3n) is 4.59. The molecule has 1 fully saturated rings. The number of nitrogens with one attached hydrogen (secondary N) is 1. The molecule has 2 atom stereocenters. The molecule has 0 amide bonds. The standard InChI is InChI=1S/C18H24F2N4O/c1-18(2,3)17-22-15(25-23-17)10-21-14-7-8-24(4)16(14)11-5-6-12(19)13(20)9-11/h5-6,9,14,16,21H,7-8,10H2,1-4H3/t14-,16-/m1/s1. The highest BCUT2D eigenvalue weighted by atomic mass is 19.2.